The average Bonchev–Trinajstić information content (AvgIpc) is 3.06. The number of nitrogens with zero attached hydrogens (tertiary/aromatic N) is 3. The van der Waals surface area contributed by atoms with Crippen LogP contribution >= 0.6 is 11.8 Å². The molecule has 0 unspecified atom stereocenters. The van der Waals surface area contributed by atoms with Gasteiger partial charge in [-0.05, 0) is 43.0 Å². The molecular weight excluding hydrogens is 376 g/mol. The molecule has 1 heterocycles. The van der Waals surface area contributed by atoms with Gasteiger partial charge in [0.1, 0.15) is 18.1 Å². The van der Waals surface area contributed by atoms with Crippen molar-refractivity contribution in [2.75, 3.05) is 12.9 Å². The highest BCUT2D eigenvalue weighted by Gasteiger charge is 2.23. The van der Waals surface area contributed by atoms with E-state index in [0.717, 1.165) is 17.9 Å². The third-order valence-electron chi connectivity index (χ3n) is 5.14. The van der Waals surface area contributed by atoms with Gasteiger partial charge in [0, 0.05) is 13.1 Å². The number of thioether (sulfide) groups is 1. The third-order valence-corrected chi connectivity index (χ3v) is 6.16. The first-order valence-corrected chi connectivity index (χ1v) is 10.6. The minimum absolute atomic E-state index is 0.0581. The van der Waals surface area contributed by atoms with Crippen molar-refractivity contribution in [1.82, 2.24) is 20.1 Å². The van der Waals surface area contributed by atoms with E-state index in [1.54, 1.807) is 7.11 Å². The number of rotatable bonds is 8. The van der Waals surface area contributed by atoms with Crippen LogP contribution < -0.4 is 14.8 Å². The fourth-order valence-corrected chi connectivity index (χ4v) is 4.07. The Balaban J connectivity index is 1.47. The van der Waals surface area contributed by atoms with Crippen LogP contribution in [0.25, 0.3) is 0 Å². The molecule has 1 aliphatic carbocycles. The molecule has 1 amide bonds. The van der Waals surface area contributed by atoms with E-state index in [1.807, 2.05) is 35.9 Å². The number of methoxy groups -OCH3 is 1. The number of ether oxygens (including phenoxy) is 2. The lowest BCUT2D eigenvalue weighted by atomic mass is 9.86. The van der Waals surface area contributed by atoms with E-state index >= 15 is 0 Å². The molecule has 1 N–H and O–H groups in total. The van der Waals surface area contributed by atoms with E-state index in [4.69, 9.17) is 9.47 Å². The van der Waals surface area contributed by atoms with Gasteiger partial charge in [0.05, 0.1) is 12.9 Å². The molecule has 152 valence electrons. The number of hydrogen-bond donors (Lipinski definition) is 1. The molecule has 1 aromatic carbocycles. The van der Waals surface area contributed by atoms with Gasteiger partial charge in [0.25, 0.3) is 0 Å². The maximum absolute atomic E-state index is 12.3. The standard InChI is InChI=1S/C20H28N4O3S/c1-14-6-4-5-7-17(14)21-19(25)13-28-20-23-22-18(24(20)2)12-27-16-10-8-15(26-3)9-11-16/h8-11,14,17H,4-7,12-13H2,1-3H3,(H,21,25)/t14-,17+/m0/s1. The van der Waals surface area contributed by atoms with Gasteiger partial charge >= 0.3 is 0 Å². The van der Waals surface area contributed by atoms with Crippen molar-refractivity contribution < 1.29 is 14.3 Å². The molecule has 0 bridgehead atoms. The second kappa shape index (κ2) is 9.82. The Morgan fingerprint density at radius 1 is 1.21 bits per heavy atom. The summed E-state index contributed by atoms with van der Waals surface area (Å²) in [4.78, 5) is 12.3. The number of amides is 1. The normalized spacial score (nSPS) is 19.2. The predicted octanol–water partition coefficient (Wildman–Crippen LogP) is 3.19. The molecular formula is C20H28N4O3S. The molecule has 8 heteroatoms. The first-order valence-electron chi connectivity index (χ1n) is 9.64. The third kappa shape index (κ3) is 5.41. The van der Waals surface area contributed by atoms with Gasteiger partial charge < -0.3 is 19.4 Å². The Morgan fingerprint density at radius 3 is 2.64 bits per heavy atom. The van der Waals surface area contributed by atoms with Crippen molar-refractivity contribution in [2.45, 2.75) is 50.4 Å². The summed E-state index contributed by atoms with van der Waals surface area (Å²) in [5.74, 6) is 3.18. The summed E-state index contributed by atoms with van der Waals surface area (Å²) < 4.78 is 12.8. The van der Waals surface area contributed by atoms with E-state index in [1.165, 1.54) is 31.0 Å². The van der Waals surface area contributed by atoms with Gasteiger partial charge in [-0.15, -0.1) is 10.2 Å². The fraction of sp³-hybridized carbons (Fsp3) is 0.550. The quantitative estimate of drug-likeness (QED) is 0.681. The van der Waals surface area contributed by atoms with Crippen LogP contribution in [0.1, 0.15) is 38.4 Å². The maximum atomic E-state index is 12.3. The summed E-state index contributed by atoms with van der Waals surface area (Å²) in [6.07, 6.45) is 4.74. The first-order chi connectivity index (χ1) is 13.6. The van der Waals surface area contributed by atoms with Gasteiger partial charge in [-0.3, -0.25) is 4.79 Å². The van der Waals surface area contributed by atoms with Gasteiger partial charge in [-0.25, -0.2) is 0 Å². The molecule has 0 saturated heterocycles. The fourth-order valence-electron chi connectivity index (χ4n) is 3.33. The molecule has 1 aliphatic rings. The van der Waals surface area contributed by atoms with Crippen LogP contribution in [0, 0.1) is 5.92 Å². The summed E-state index contributed by atoms with van der Waals surface area (Å²) in [5.41, 5.74) is 0. The van der Waals surface area contributed by atoms with Crippen molar-refractivity contribution >= 4 is 17.7 Å². The minimum atomic E-state index is 0.0581. The smallest absolute Gasteiger partial charge is 0.230 e. The van der Waals surface area contributed by atoms with Gasteiger partial charge in [-0.1, -0.05) is 31.5 Å². The lowest BCUT2D eigenvalue weighted by Crippen LogP contribution is -2.41. The minimum Gasteiger partial charge on any atom is -0.497 e. The monoisotopic (exact) mass is 404 g/mol. The zero-order chi connectivity index (χ0) is 19.9. The zero-order valence-corrected chi connectivity index (χ0v) is 17.5. The molecule has 0 aliphatic heterocycles. The van der Waals surface area contributed by atoms with Crippen LogP contribution in [0.2, 0.25) is 0 Å². The zero-order valence-electron chi connectivity index (χ0n) is 16.7. The molecule has 7 nitrogen and oxygen atoms in total. The van der Waals surface area contributed by atoms with E-state index in [-0.39, 0.29) is 5.91 Å². The Morgan fingerprint density at radius 2 is 1.93 bits per heavy atom. The summed E-state index contributed by atoms with van der Waals surface area (Å²) in [7, 11) is 3.51. The number of carbonyl (C=O) groups is 1. The summed E-state index contributed by atoms with van der Waals surface area (Å²) in [6.45, 7) is 2.52. The Labute approximate surface area is 170 Å². The molecule has 28 heavy (non-hydrogen) atoms. The molecule has 2 aromatic rings. The first kappa shape index (κ1) is 20.5. The van der Waals surface area contributed by atoms with E-state index in [2.05, 4.69) is 22.4 Å². The highest BCUT2D eigenvalue weighted by Crippen LogP contribution is 2.24. The second-order valence-electron chi connectivity index (χ2n) is 7.15. The number of hydrogen-bond acceptors (Lipinski definition) is 6. The molecule has 2 atom stereocenters. The number of carbonyl (C=O) groups excluding carboxylic acids is 1. The SMILES string of the molecule is COc1ccc(OCc2nnc(SCC(=O)N[C@@H]3CCCC[C@@H]3C)n2C)cc1. The van der Waals surface area contributed by atoms with Gasteiger partial charge in [-0.2, -0.15) is 0 Å². The molecule has 3 rings (SSSR count). The Hall–Kier alpha value is -2.22. The topological polar surface area (TPSA) is 78.3 Å². The Bertz CT molecular complexity index is 778. The molecule has 0 spiro atoms. The van der Waals surface area contributed by atoms with Crippen molar-refractivity contribution in [3.8, 4) is 11.5 Å². The molecule has 1 saturated carbocycles. The second-order valence-corrected chi connectivity index (χ2v) is 8.09. The Kier molecular flexibility index (Phi) is 7.19. The highest BCUT2D eigenvalue weighted by molar-refractivity contribution is 7.99. The lowest BCUT2D eigenvalue weighted by molar-refractivity contribution is -0.119. The summed E-state index contributed by atoms with van der Waals surface area (Å²) in [6, 6.07) is 7.69. The predicted molar refractivity (Wildman–Crippen MR) is 109 cm³/mol. The molecule has 1 fully saturated rings. The highest BCUT2D eigenvalue weighted by atomic mass is 32.2. The van der Waals surface area contributed by atoms with Crippen LogP contribution in [-0.2, 0) is 18.4 Å². The van der Waals surface area contributed by atoms with Crippen LogP contribution in [-0.4, -0.2) is 39.6 Å². The van der Waals surface area contributed by atoms with Crippen LogP contribution in [0.15, 0.2) is 29.4 Å². The van der Waals surface area contributed by atoms with Gasteiger partial charge in [0.15, 0.2) is 11.0 Å². The van der Waals surface area contributed by atoms with Crippen molar-refractivity contribution in [1.29, 1.82) is 0 Å². The van der Waals surface area contributed by atoms with Crippen molar-refractivity contribution in [2.24, 2.45) is 13.0 Å². The molecule has 1 aromatic heterocycles. The van der Waals surface area contributed by atoms with Crippen LogP contribution in [0.4, 0.5) is 0 Å². The van der Waals surface area contributed by atoms with Crippen molar-refractivity contribution in [3.05, 3.63) is 30.1 Å². The van der Waals surface area contributed by atoms with Gasteiger partial charge in [0.2, 0.25) is 5.91 Å². The van der Waals surface area contributed by atoms with Crippen molar-refractivity contribution in [3.63, 3.8) is 0 Å². The average molecular weight is 405 g/mol. The van der Waals surface area contributed by atoms with E-state index in [9.17, 15) is 4.79 Å². The largest absolute Gasteiger partial charge is 0.497 e. The number of aromatic nitrogens is 3. The number of benzene rings is 1. The maximum Gasteiger partial charge on any atom is 0.230 e. The summed E-state index contributed by atoms with van der Waals surface area (Å²) in [5, 5.41) is 12.2. The van der Waals surface area contributed by atoms with E-state index in [0.29, 0.717) is 35.3 Å². The van der Waals surface area contributed by atoms with E-state index < -0.39 is 0 Å². The van der Waals surface area contributed by atoms with Crippen LogP contribution in [0.3, 0.4) is 0 Å². The molecule has 0 radical (unpaired) electrons. The number of nitrogens with one attached hydrogen (secondary N) is 1. The lowest BCUT2D eigenvalue weighted by Gasteiger charge is -2.29. The van der Waals surface area contributed by atoms with Crippen LogP contribution in [0.5, 0.6) is 11.5 Å². The summed E-state index contributed by atoms with van der Waals surface area (Å²) >= 11 is 1.40.